The topological polar surface area (TPSA) is 63.2 Å². The molecule has 1 aromatic heterocycles. The summed E-state index contributed by atoms with van der Waals surface area (Å²) in [6.45, 7) is 4.12. The van der Waals surface area contributed by atoms with Crippen molar-refractivity contribution >= 4 is 23.3 Å². The average molecular weight is 312 g/mol. The molecule has 1 amide bonds. The number of halogens is 1. The van der Waals surface area contributed by atoms with Crippen molar-refractivity contribution in [1.82, 2.24) is 10.3 Å². The first-order chi connectivity index (χ1) is 10.2. The van der Waals surface area contributed by atoms with E-state index in [2.05, 4.69) is 15.6 Å². The highest BCUT2D eigenvalue weighted by atomic mass is 35.5. The summed E-state index contributed by atoms with van der Waals surface area (Å²) in [5.41, 5.74) is 0.264. The minimum Gasteiger partial charge on any atom is -0.378 e. The second-order valence-corrected chi connectivity index (χ2v) is 5.50. The largest absolute Gasteiger partial charge is 0.378 e. The number of hydrogen-bond donors (Lipinski definition) is 2. The maximum atomic E-state index is 12.1. The Kier molecular flexibility index (Phi) is 6.26. The third-order valence-corrected chi connectivity index (χ3v) is 3.75. The zero-order valence-electron chi connectivity index (χ0n) is 12.3. The first kappa shape index (κ1) is 16.0. The molecular weight excluding hydrogens is 290 g/mol. The van der Waals surface area contributed by atoms with Crippen molar-refractivity contribution in [2.24, 2.45) is 0 Å². The number of hydrogen-bond acceptors (Lipinski definition) is 4. The predicted molar refractivity (Wildman–Crippen MR) is 84.0 cm³/mol. The summed E-state index contributed by atoms with van der Waals surface area (Å²) >= 11 is 6.04. The van der Waals surface area contributed by atoms with Gasteiger partial charge in [0.05, 0.1) is 11.1 Å². The lowest BCUT2D eigenvalue weighted by molar-refractivity contribution is 0.0117. The molecule has 0 bridgehead atoms. The number of amides is 1. The molecule has 1 unspecified atom stereocenters. The Morgan fingerprint density at radius 3 is 3.05 bits per heavy atom. The van der Waals surface area contributed by atoms with Crippen LogP contribution in [-0.2, 0) is 4.74 Å². The van der Waals surface area contributed by atoms with Crippen LogP contribution in [0, 0.1) is 0 Å². The normalized spacial score (nSPS) is 18.3. The first-order valence-electron chi connectivity index (χ1n) is 7.51. The maximum absolute atomic E-state index is 12.1. The molecule has 0 aromatic carbocycles. The molecule has 1 atom stereocenters. The molecule has 1 fully saturated rings. The van der Waals surface area contributed by atoms with Crippen molar-refractivity contribution < 1.29 is 9.53 Å². The van der Waals surface area contributed by atoms with Crippen molar-refractivity contribution in [1.29, 1.82) is 0 Å². The standard InChI is InChI=1S/C15H22ClN3O2/c1-2-17-13-7-6-12(16)14(19-13)15(20)18-9-8-11-5-3-4-10-21-11/h6-7,11H,2-5,8-10H2,1H3,(H,17,19)(H,18,20). The van der Waals surface area contributed by atoms with Crippen molar-refractivity contribution in [2.45, 2.75) is 38.7 Å². The van der Waals surface area contributed by atoms with E-state index in [9.17, 15) is 4.79 Å². The fraction of sp³-hybridized carbons (Fsp3) is 0.600. The molecule has 0 radical (unpaired) electrons. The van der Waals surface area contributed by atoms with E-state index < -0.39 is 0 Å². The van der Waals surface area contributed by atoms with Crippen LogP contribution in [0.25, 0.3) is 0 Å². The van der Waals surface area contributed by atoms with Crippen LogP contribution in [0.15, 0.2) is 12.1 Å². The van der Waals surface area contributed by atoms with Gasteiger partial charge >= 0.3 is 0 Å². The van der Waals surface area contributed by atoms with Crippen LogP contribution < -0.4 is 10.6 Å². The molecule has 1 aliphatic rings. The van der Waals surface area contributed by atoms with Crippen LogP contribution in [0.5, 0.6) is 0 Å². The Labute approximate surface area is 130 Å². The van der Waals surface area contributed by atoms with Crippen molar-refractivity contribution in [3.05, 3.63) is 22.8 Å². The summed E-state index contributed by atoms with van der Waals surface area (Å²) < 4.78 is 5.64. The molecule has 0 aliphatic carbocycles. The lowest BCUT2D eigenvalue weighted by Gasteiger charge is -2.22. The van der Waals surface area contributed by atoms with Gasteiger partial charge in [-0.05, 0) is 44.7 Å². The van der Waals surface area contributed by atoms with Crippen LogP contribution in [0.3, 0.4) is 0 Å². The monoisotopic (exact) mass is 311 g/mol. The van der Waals surface area contributed by atoms with Gasteiger partial charge in [0.25, 0.3) is 5.91 Å². The van der Waals surface area contributed by atoms with Gasteiger partial charge in [0.2, 0.25) is 0 Å². The minimum absolute atomic E-state index is 0.240. The van der Waals surface area contributed by atoms with E-state index >= 15 is 0 Å². The van der Waals surface area contributed by atoms with Crippen LogP contribution >= 0.6 is 11.6 Å². The Morgan fingerprint density at radius 1 is 1.48 bits per heavy atom. The predicted octanol–water partition coefficient (Wildman–Crippen LogP) is 2.86. The molecule has 2 N–H and O–H groups in total. The fourth-order valence-corrected chi connectivity index (χ4v) is 2.54. The summed E-state index contributed by atoms with van der Waals surface area (Å²) in [5.74, 6) is 0.415. The Morgan fingerprint density at radius 2 is 2.33 bits per heavy atom. The third kappa shape index (κ3) is 4.86. The number of anilines is 1. The van der Waals surface area contributed by atoms with E-state index in [1.807, 2.05) is 6.92 Å². The van der Waals surface area contributed by atoms with Crippen molar-refractivity contribution in [3.63, 3.8) is 0 Å². The number of pyridine rings is 1. The van der Waals surface area contributed by atoms with E-state index in [4.69, 9.17) is 16.3 Å². The van der Waals surface area contributed by atoms with Gasteiger partial charge in [-0.2, -0.15) is 0 Å². The zero-order valence-corrected chi connectivity index (χ0v) is 13.1. The summed E-state index contributed by atoms with van der Waals surface area (Å²) in [6.07, 6.45) is 4.51. The van der Waals surface area contributed by atoms with Gasteiger partial charge in [-0.1, -0.05) is 11.6 Å². The molecule has 1 saturated heterocycles. The smallest absolute Gasteiger partial charge is 0.271 e. The van der Waals surface area contributed by atoms with Gasteiger partial charge in [-0.3, -0.25) is 4.79 Å². The van der Waals surface area contributed by atoms with Gasteiger partial charge in [0, 0.05) is 19.7 Å². The Hall–Kier alpha value is -1.33. The summed E-state index contributed by atoms with van der Waals surface area (Å²) in [5, 5.41) is 6.29. The first-order valence-corrected chi connectivity index (χ1v) is 7.88. The van der Waals surface area contributed by atoms with Crippen LogP contribution in [0.1, 0.15) is 43.1 Å². The van der Waals surface area contributed by atoms with E-state index in [-0.39, 0.29) is 17.7 Å². The fourth-order valence-electron chi connectivity index (χ4n) is 2.35. The lowest BCUT2D eigenvalue weighted by Crippen LogP contribution is -2.30. The second kappa shape index (κ2) is 8.20. The van der Waals surface area contributed by atoms with Crippen LogP contribution in [0.4, 0.5) is 5.82 Å². The van der Waals surface area contributed by atoms with Crippen molar-refractivity contribution in [3.8, 4) is 0 Å². The van der Waals surface area contributed by atoms with E-state index in [0.29, 0.717) is 17.4 Å². The molecular formula is C15H22ClN3O2. The van der Waals surface area contributed by atoms with Gasteiger partial charge < -0.3 is 15.4 Å². The van der Waals surface area contributed by atoms with Gasteiger partial charge in [0.15, 0.2) is 0 Å². The Bertz CT molecular complexity index is 476. The molecule has 5 nitrogen and oxygen atoms in total. The molecule has 21 heavy (non-hydrogen) atoms. The van der Waals surface area contributed by atoms with Crippen LogP contribution in [0.2, 0.25) is 5.02 Å². The van der Waals surface area contributed by atoms with E-state index in [1.54, 1.807) is 12.1 Å². The molecule has 2 rings (SSSR count). The molecule has 6 heteroatoms. The number of nitrogens with zero attached hydrogens (tertiary/aromatic N) is 1. The molecule has 1 aliphatic heterocycles. The van der Waals surface area contributed by atoms with E-state index in [1.165, 1.54) is 6.42 Å². The number of ether oxygens (including phenoxy) is 1. The van der Waals surface area contributed by atoms with Gasteiger partial charge in [-0.15, -0.1) is 0 Å². The lowest BCUT2D eigenvalue weighted by atomic mass is 10.1. The minimum atomic E-state index is -0.240. The molecule has 0 saturated carbocycles. The number of carbonyl (C=O) groups is 1. The average Bonchev–Trinajstić information content (AvgIpc) is 2.50. The zero-order chi connectivity index (χ0) is 15.1. The molecule has 2 heterocycles. The van der Waals surface area contributed by atoms with Gasteiger partial charge in [0.1, 0.15) is 11.5 Å². The molecule has 0 spiro atoms. The quantitative estimate of drug-likeness (QED) is 0.848. The number of aromatic nitrogens is 1. The summed E-state index contributed by atoms with van der Waals surface area (Å²) in [4.78, 5) is 16.4. The van der Waals surface area contributed by atoms with Crippen molar-refractivity contribution in [2.75, 3.05) is 25.0 Å². The summed E-state index contributed by atoms with van der Waals surface area (Å²) in [6, 6.07) is 3.45. The SMILES string of the molecule is CCNc1ccc(Cl)c(C(=O)NCCC2CCCCO2)n1. The highest BCUT2D eigenvalue weighted by molar-refractivity contribution is 6.33. The van der Waals surface area contributed by atoms with Crippen LogP contribution in [-0.4, -0.2) is 36.7 Å². The number of rotatable bonds is 6. The third-order valence-electron chi connectivity index (χ3n) is 3.44. The maximum Gasteiger partial charge on any atom is 0.271 e. The second-order valence-electron chi connectivity index (χ2n) is 5.09. The number of carbonyl (C=O) groups excluding carboxylic acids is 1. The van der Waals surface area contributed by atoms with Gasteiger partial charge in [-0.25, -0.2) is 4.98 Å². The molecule has 1 aromatic rings. The highest BCUT2D eigenvalue weighted by Gasteiger charge is 2.16. The van der Waals surface area contributed by atoms with E-state index in [0.717, 1.165) is 32.4 Å². The highest BCUT2D eigenvalue weighted by Crippen LogP contribution is 2.17. The number of nitrogens with one attached hydrogen (secondary N) is 2. The molecule has 116 valence electrons. The summed E-state index contributed by atoms with van der Waals surface area (Å²) in [7, 11) is 0. The Balaban J connectivity index is 1.85.